The maximum Gasteiger partial charge on any atom is 0.208 e. The summed E-state index contributed by atoms with van der Waals surface area (Å²) in [6.45, 7) is 7.89. The summed E-state index contributed by atoms with van der Waals surface area (Å²) in [6, 6.07) is 0.134. The maximum atomic E-state index is 9.41. The number of ether oxygens (including phenoxy) is 1. The monoisotopic (exact) mass is 268 g/mol. The van der Waals surface area contributed by atoms with Gasteiger partial charge in [-0.2, -0.15) is 0 Å². The average molecular weight is 268 g/mol. The van der Waals surface area contributed by atoms with Crippen molar-refractivity contribution in [3.8, 4) is 0 Å². The van der Waals surface area contributed by atoms with Gasteiger partial charge in [-0.05, 0) is 6.42 Å². The van der Waals surface area contributed by atoms with Crippen LogP contribution in [0.15, 0.2) is 10.6 Å². The van der Waals surface area contributed by atoms with Crippen molar-refractivity contribution in [2.75, 3.05) is 20.3 Å². The molecule has 2 heterocycles. The molecule has 0 bridgehead atoms. The number of rotatable bonds is 4. The summed E-state index contributed by atoms with van der Waals surface area (Å²) in [5.41, 5.74) is -0.0261. The second-order valence-electron chi connectivity index (χ2n) is 6.23. The first kappa shape index (κ1) is 14.5. The van der Waals surface area contributed by atoms with Gasteiger partial charge in [-0.1, -0.05) is 20.8 Å². The van der Waals surface area contributed by atoms with Crippen LogP contribution in [0, 0.1) is 0 Å². The van der Waals surface area contributed by atoms with E-state index in [0.29, 0.717) is 12.4 Å². The highest BCUT2D eigenvalue weighted by Crippen LogP contribution is 2.25. The molecule has 1 aromatic heterocycles. The molecule has 0 radical (unpaired) electrons. The molecule has 1 aliphatic heterocycles. The molecule has 0 saturated carbocycles. The van der Waals surface area contributed by atoms with E-state index in [9.17, 15) is 5.11 Å². The fraction of sp³-hybridized carbons (Fsp3) is 0.786. The van der Waals surface area contributed by atoms with E-state index in [1.54, 1.807) is 13.3 Å². The van der Waals surface area contributed by atoms with Gasteiger partial charge in [0.15, 0.2) is 0 Å². The van der Waals surface area contributed by atoms with Gasteiger partial charge in [-0.25, -0.2) is 4.98 Å². The Bertz CT molecular complexity index is 411. The first-order valence-electron chi connectivity index (χ1n) is 6.77. The van der Waals surface area contributed by atoms with Crippen LogP contribution in [0.2, 0.25) is 0 Å². The number of hydrogen-bond donors (Lipinski definition) is 1. The quantitative estimate of drug-likeness (QED) is 0.898. The summed E-state index contributed by atoms with van der Waals surface area (Å²) >= 11 is 0. The van der Waals surface area contributed by atoms with Crippen LogP contribution < -0.4 is 0 Å². The van der Waals surface area contributed by atoms with Gasteiger partial charge >= 0.3 is 0 Å². The Morgan fingerprint density at radius 3 is 2.79 bits per heavy atom. The molecule has 0 aromatic carbocycles. The molecule has 0 spiro atoms. The lowest BCUT2D eigenvalue weighted by molar-refractivity contribution is 0.105. The molecule has 0 aliphatic carbocycles. The highest BCUT2D eigenvalue weighted by molar-refractivity contribution is 5.06. The number of methoxy groups -OCH3 is 1. The fourth-order valence-corrected chi connectivity index (χ4v) is 2.40. The van der Waals surface area contributed by atoms with Gasteiger partial charge in [-0.3, -0.25) is 4.90 Å². The van der Waals surface area contributed by atoms with E-state index in [2.05, 4.69) is 30.7 Å². The first-order chi connectivity index (χ1) is 8.94. The molecule has 2 rings (SSSR count). The van der Waals surface area contributed by atoms with Crippen LogP contribution in [0.4, 0.5) is 0 Å². The minimum absolute atomic E-state index is 0.0261. The number of hydrogen-bond acceptors (Lipinski definition) is 5. The second-order valence-corrected chi connectivity index (χ2v) is 6.23. The van der Waals surface area contributed by atoms with E-state index in [-0.39, 0.29) is 24.2 Å². The van der Waals surface area contributed by atoms with Gasteiger partial charge in [0.05, 0.1) is 25.5 Å². The highest BCUT2D eigenvalue weighted by atomic mass is 16.5. The molecule has 0 unspecified atom stereocenters. The van der Waals surface area contributed by atoms with E-state index in [0.717, 1.165) is 18.7 Å². The number of aliphatic hydroxyl groups is 1. The zero-order valence-corrected chi connectivity index (χ0v) is 12.2. The van der Waals surface area contributed by atoms with E-state index in [4.69, 9.17) is 9.15 Å². The summed E-state index contributed by atoms with van der Waals surface area (Å²) in [5, 5.41) is 9.41. The van der Waals surface area contributed by atoms with Gasteiger partial charge < -0.3 is 14.3 Å². The predicted molar refractivity (Wildman–Crippen MR) is 71.9 cm³/mol. The molecule has 1 N–H and O–H groups in total. The average Bonchev–Trinajstić information content (AvgIpc) is 2.95. The van der Waals surface area contributed by atoms with Crippen LogP contribution >= 0.6 is 0 Å². The lowest BCUT2D eigenvalue weighted by Crippen LogP contribution is -2.32. The van der Waals surface area contributed by atoms with Gasteiger partial charge in [0, 0.05) is 25.1 Å². The van der Waals surface area contributed by atoms with Gasteiger partial charge in [-0.15, -0.1) is 0 Å². The normalized spacial score (nSPS) is 25.1. The van der Waals surface area contributed by atoms with Crippen molar-refractivity contribution in [2.45, 2.75) is 51.3 Å². The van der Waals surface area contributed by atoms with Gasteiger partial charge in [0.1, 0.15) is 5.76 Å². The van der Waals surface area contributed by atoms with Crippen molar-refractivity contribution in [1.29, 1.82) is 0 Å². The summed E-state index contributed by atoms with van der Waals surface area (Å²) in [4.78, 5) is 6.51. The van der Waals surface area contributed by atoms with E-state index >= 15 is 0 Å². The Balaban J connectivity index is 2.02. The number of nitrogens with zero attached hydrogens (tertiary/aromatic N) is 2. The lowest BCUT2D eigenvalue weighted by Gasteiger charge is -2.20. The van der Waals surface area contributed by atoms with Crippen LogP contribution in [-0.2, 0) is 16.7 Å². The van der Waals surface area contributed by atoms with Gasteiger partial charge in [0.25, 0.3) is 0 Å². The van der Waals surface area contributed by atoms with Crippen molar-refractivity contribution in [2.24, 2.45) is 0 Å². The summed E-state index contributed by atoms with van der Waals surface area (Å²) in [7, 11) is 1.71. The fourth-order valence-electron chi connectivity index (χ4n) is 2.40. The third-order valence-corrected chi connectivity index (χ3v) is 3.66. The van der Waals surface area contributed by atoms with Crippen molar-refractivity contribution in [3.05, 3.63) is 17.8 Å². The van der Waals surface area contributed by atoms with E-state index in [1.165, 1.54) is 0 Å². The van der Waals surface area contributed by atoms with Gasteiger partial charge in [0.2, 0.25) is 5.89 Å². The highest BCUT2D eigenvalue weighted by Gasteiger charge is 2.32. The molecular weight excluding hydrogens is 244 g/mol. The summed E-state index contributed by atoms with van der Waals surface area (Å²) in [5.74, 6) is 1.60. The topological polar surface area (TPSA) is 58.7 Å². The third-order valence-electron chi connectivity index (χ3n) is 3.66. The standard InChI is InChI=1S/C14H24N2O3/c1-14(2,3)12-6-15-13(19-12)8-16-7-11(18-4)5-10(16)9-17/h6,10-11,17H,5,7-9H2,1-4H3/t10-,11+/m0/s1. The van der Waals surface area contributed by atoms with Crippen LogP contribution in [0.1, 0.15) is 38.8 Å². The largest absolute Gasteiger partial charge is 0.444 e. The molecule has 1 aromatic rings. The summed E-state index contributed by atoms with van der Waals surface area (Å²) < 4.78 is 11.2. The molecule has 5 nitrogen and oxygen atoms in total. The van der Waals surface area contributed by atoms with Crippen LogP contribution in [-0.4, -0.2) is 47.4 Å². The van der Waals surface area contributed by atoms with Crippen LogP contribution in [0.5, 0.6) is 0 Å². The van der Waals surface area contributed by atoms with Crippen LogP contribution in [0.25, 0.3) is 0 Å². The molecule has 1 saturated heterocycles. The minimum atomic E-state index is -0.0261. The molecule has 108 valence electrons. The van der Waals surface area contributed by atoms with E-state index in [1.807, 2.05) is 0 Å². The third kappa shape index (κ3) is 3.35. The molecule has 2 atom stereocenters. The van der Waals surface area contributed by atoms with E-state index < -0.39 is 0 Å². The Morgan fingerprint density at radius 2 is 2.26 bits per heavy atom. The smallest absolute Gasteiger partial charge is 0.208 e. The molecule has 1 aliphatic rings. The van der Waals surface area contributed by atoms with Crippen molar-refractivity contribution < 1.29 is 14.3 Å². The second kappa shape index (κ2) is 5.61. The summed E-state index contributed by atoms with van der Waals surface area (Å²) in [6.07, 6.45) is 2.85. The molecule has 0 amide bonds. The zero-order chi connectivity index (χ0) is 14.0. The van der Waals surface area contributed by atoms with Crippen LogP contribution in [0.3, 0.4) is 0 Å². The van der Waals surface area contributed by atoms with Crippen molar-refractivity contribution in [1.82, 2.24) is 9.88 Å². The number of aliphatic hydroxyl groups excluding tert-OH is 1. The first-order valence-corrected chi connectivity index (χ1v) is 6.77. The molecule has 19 heavy (non-hydrogen) atoms. The minimum Gasteiger partial charge on any atom is -0.444 e. The molecular formula is C14H24N2O3. The SMILES string of the molecule is CO[C@@H]1C[C@@H](CO)N(Cc2ncc(C(C)(C)C)o2)C1. The number of oxazole rings is 1. The Kier molecular flexibility index (Phi) is 4.28. The Morgan fingerprint density at radius 1 is 1.53 bits per heavy atom. The number of aromatic nitrogens is 1. The lowest BCUT2D eigenvalue weighted by atomic mass is 9.94. The maximum absolute atomic E-state index is 9.41. The zero-order valence-electron chi connectivity index (χ0n) is 12.2. The molecule has 1 fully saturated rings. The Hall–Kier alpha value is -0.910. The van der Waals surface area contributed by atoms with Crippen molar-refractivity contribution >= 4 is 0 Å². The van der Waals surface area contributed by atoms with Crippen molar-refractivity contribution in [3.63, 3.8) is 0 Å². The Labute approximate surface area is 114 Å². The predicted octanol–water partition coefficient (Wildman–Crippen LogP) is 1.55. The molecule has 5 heteroatoms. The number of likely N-dealkylation sites (tertiary alicyclic amines) is 1.